The molecule has 0 unspecified atom stereocenters. The lowest BCUT2D eigenvalue weighted by Crippen LogP contribution is -1.99. The monoisotopic (exact) mass is 1180 g/mol. The molecular formula is C84H118N4. The van der Waals surface area contributed by atoms with E-state index in [-0.39, 0.29) is 0 Å². The van der Waals surface area contributed by atoms with Gasteiger partial charge in [-0.2, -0.15) is 0 Å². The van der Waals surface area contributed by atoms with E-state index in [1.54, 1.807) is 0 Å². The summed E-state index contributed by atoms with van der Waals surface area (Å²) in [7, 11) is 0. The fourth-order valence-corrected chi connectivity index (χ4v) is 15.6. The third-order valence-corrected chi connectivity index (χ3v) is 20.8. The topological polar surface area (TPSA) is 19.7 Å². The minimum atomic E-state index is 1.06. The molecule has 0 saturated carbocycles. The molecule has 4 aromatic heterocycles. The molecular weight excluding hydrogens is 1060 g/mol. The fourth-order valence-electron chi connectivity index (χ4n) is 15.6. The molecule has 0 aliphatic heterocycles. The third kappa shape index (κ3) is 16.7. The second kappa shape index (κ2) is 35.2. The molecule has 0 fully saturated rings. The van der Waals surface area contributed by atoms with Gasteiger partial charge in [0, 0.05) is 113 Å². The van der Waals surface area contributed by atoms with Crippen LogP contribution in [0.2, 0.25) is 0 Å². The van der Waals surface area contributed by atoms with Gasteiger partial charge in [0.15, 0.2) is 0 Å². The molecule has 4 heterocycles. The second-order valence-corrected chi connectivity index (χ2v) is 27.6. The van der Waals surface area contributed by atoms with Crippen LogP contribution < -0.4 is 0 Å². The van der Waals surface area contributed by atoms with Crippen molar-refractivity contribution in [3.05, 3.63) is 109 Å². The Morgan fingerprint density at radius 1 is 0.182 bits per heavy atom. The van der Waals surface area contributed by atoms with E-state index >= 15 is 0 Å². The van der Waals surface area contributed by atoms with Crippen molar-refractivity contribution in [1.29, 1.82) is 0 Å². The summed E-state index contributed by atoms with van der Waals surface area (Å²) in [5.41, 5.74) is 13.8. The number of aromatic nitrogens is 4. The van der Waals surface area contributed by atoms with Gasteiger partial charge >= 0.3 is 0 Å². The first-order valence-electron chi connectivity index (χ1n) is 37.6. The summed E-state index contributed by atoms with van der Waals surface area (Å²) in [5.74, 6) is 0. The number of hydrogen-bond acceptors (Lipinski definition) is 0. The summed E-state index contributed by atoms with van der Waals surface area (Å²) in [4.78, 5) is 0. The standard InChI is InChI=1S/C84H118N4/c1-5-9-13-17-21-25-29-33-37-45-57-85-77-51-43-41-49-69(77)73-63-83-75(65-81(73)85)71-61-67(53-55-79(71)87(83)59-47-39-35-31-27-23-19-15-11-7-3)68-54-56-80-72(62-68)76-66-82-74(64-84(76)88(80)60-48-40-36-32-28-24-20-16-12-8-4)70-50-42-44-52-78(70)86(82)58-46-38-34-30-26-22-18-14-10-6-2/h41-44,49-56,61-66H,5-40,45-48,57-60H2,1-4H3. The zero-order valence-corrected chi connectivity index (χ0v) is 56.3. The van der Waals surface area contributed by atoms with Crippen molar-refractivity contribution in [2.24, 2.45) is 0 Å². The highest BCUT2D eigenvalue weighted by atomic mass is 15.0. The van der Waals surface area contributed by atoms with E-state index in [2.05, 4.69) is 155 Å². The minimum Gasteiger partial charge on any atom is -0.340 e. The number of aryl methyl sites for hydroxylation is 4. The summed E-state index contributed by atoms with van der Waals surface area (Å²) in [6.45, 7) is 13.6. The molecule has 0 amide bonds. The first-order valence-corrected chi connectivity index (χ1v) is 37.6. The van der Waals surface area contributed by atoms with Crippen LogP contribution in [0.1, 0.15) is 285 Å². The SMILES string of the molecule is CCCCCCCCCCCCn1c2ccccc2c2cc3c(cc21)c1cc(-c2ccc4c(c2)c2cc5c(cc2n4CCCCCCCCCCCC)c2ccccc2n5CCCCCCCCCCCC)ccc1n3CCCCCCCCCCCC. The quantitative estimate of drug-likeness (QED) is 0.0339. The zero-order chi connectivity index (χ0) is 60.5. The van der Waals surface area contributed by atoms with Gasteiger partial charge in [0.1, 0.15) is 0 Å². The average molecular weight is 1180 g/mol. The molecule has 10 aromatic rings. The number of fused-ring (bicyclic) bond motifs is 12. The van der Waals surface area contributed by atoms with Crippen LogP contribution in [0.4, 0.5) is 0 Å². The van der Waals surface area contributed by atoms with Crippen molar-refractivity contribution in [3.8, 4) is 11.1 Å². The number of unbranched alkanes of at least 4 members (excludes halogenated alkanes) is 36. The van der Waals surface area contributed by atoms with Crippen molar-refractivity contribution in [1.82, 2.24) is 18.3 Å². The molecule has 6 aromatic carbocycles. The van der Waals surface area contributed by atoms with Gasteiger partial charge in [-0.05, 0) is 97.5 Å². The van der Waals surface area contributed by atoms with Crippen LogP contribution >= 0.6 is 0 Å². The smallest absolute Gasteiger partial charge is 0.0499 e. The summed E-state index contributed by atoms with van der Waals surface area (Å²) in [6, 6.07) is 44.1. The molecule has 0 spiro atoms. The van der Waals surface area contributed by atoms with E-state index in [4.69, 9.17) is 0 Å². The molecule has 10 rings (SSSR count). The molecule has 4 heteroatoms. The highest BCUT2D eigenvalue weighted by Gasteiger charge is 2.21. The lowest BCUT2D eigenvalue weighted by Gasteiger charge is -2.10. The van der Waals surface area contributed by atoms with Crippen LogP contribution in [0.5, 0.6) is 0 Å². The molecule has 0 saturated heterocycles. The number of nitrogens with zero attached hydrogens (tertiary/aromatic N) is 4. The predicted molar refractivity (Wildman–Crippen MR) is 391 cm³/mol. The number of hydrogen-bond donors (Lipinski definition) is 0. The molecule has 474 valence electrons. The largest absolute Gasteiger partial charge is 0.340 e. The van der Waals surface area contributed by atoms with E-state index in [0.717, 1.165) is 26.2 Å². The van der Waals surface area contributed by atoms with Gasteiger partial charge in [-0.25, -0.2) is 0 Å². The molecule has 88 heavy (non-hydrogen) atoms. The average Bonchev–Trinajstić information content (AvgIpc) is 1.62. The van der Waals surface area contributed by atoms with Gasteiger partial charge in [-0.1, -0.05) is 307 Å². The Labute approximate surface area is 533 Å². The third-order valence-electron chi connectivity index (χ3n) is 20.8. The summed E-state index contributed by atoms with van der Waals surface area (Å²) in [6.07, 6.45) is 54.4. The van der Waals surface area contributed by atoms with Gasteiger partial charge < -0.3 is 18.3 Å². The molecule has 4 nitrogen and oxygen atoms in total. The molecule has 0 bridgehead atoms. The Morgan fingerprint density at radius 2 is 0.386 bits per heavy atom. The predicted octanol–water partition coefficient (Wildman–Crippen LogP) is 27.5. The first kappa shape index (κ1) is 65.5. The van der Waals surface area contributed by atoms with Gasteiger partial charge in [-0.3, -0.25) is 0 Å². The van der Waals surface area contributed by atoms with E-state index in [0.29, 0.717) is 0 Å². The molecule has 0 atom stereocenters. The van der Waals surface area contributed by atoms with Crippen LogP contribution in [0.3, 0.4) is 0 Å². The van der Waals surface area contributed by atoms with Crippen LogP contribution in [0.25, 0.3) is 98.4 Å². The maximum atomic E-state index is 2.72. The first-order chi connectivity index (χ1) is 43.6. The van der Waals surface area contributed by atoms with Gasteiger partial charge in [0.25, 0.3) is 0 Å². The Kier molecular flexibility index (Phi) is 26.2. The van der Waals surface area contributed by atoms with Gasteiger partial charge in [-0.15, -0.1) is 0 Å². The maximum absolute atomic E-state index is 2.72. The van der Waals surface area contributed by atoms with Gasteiger partial charge in [0.2, 0.25) is 0 Å². The lowest BCUT2D eigenvalue weighted by atomic mass is 10.00. The maximum Gasteiger partial charge on any atom is 0.0499 e. The zero-order valence-electron chi connectivity index (χ0n) is 56.3. The summed E-state index contributed by atoms with van der Waals surface area (Å²) >= 11 is 0. The van der Waals surface area contributed by atoms with Crippen LogP contribution in [0.15, 0.2) is 109 Å². The molecule has 0 aliphatic carbocycles. The summed E-state index contributed by atoms with van der Waals surface area (Å²) in [5, 5.41) is 11.3. The van der Waals surface area contributed by atoms with Crippen LogP contribution in [-0.2, 0) is 26.2 Å². The second-order valence-electron chi connectivity index (χ2n) is 27.6. The van der Waals surface area contributed by atoms with E-state index < -0.39 is 0 Å². The van der Waals surface area contributed by atoms with E-state index in [1.165, 1.54) is 355 Å². The highest BCUT2D eigenvalue weighted by Crippen LogP contribution is 2.42. The van der Waals surface area contributed by atoms with Crippen molar-refractivity contribution in [2.75, 3.05) is 0 Å². The van der Waals surface area contributed by atoms with Gasteiger partial charge in [0.05, 0.1) is 0 Å². The van der Waals surface area contributed by atoms with Crippen molar-refractivity contribution < 1.29 is 0 Å². The molecule has 0 radical (unpaired) electrons. The summed E-state index contributed by atoms with van der Waals surface area (Å²) < 4.78 is 10.8. The Hall–Kier alpha value is -5.48. The van der Waals surface area contributed by atoms with E-state index in [1.807, 2.05) is 0 Å². The van der Waals surface area contributed by atoms with E-state index in [9.17, 15) is 0 Å². The van der Waals surface area contributed by atoms with Crippen molar-refractivity contribution in [3.63, 3.8) is 0 Å². The van der Waals surface area contributed by atoms with Crippen molar-refractivity contribution >= 4 is 87.2 Å². The molecule has 0 N–H and O–H groups in total. The Morgan fingerprint density at radius 3 is 0.648 bits per heavy atom. The lowest BCUT2D eigenvalue weighted by molar-refractivity contribution is 0.541. The highest BCUT2D eigenvalue weighted by molar-refractivity contribution is 6.20. The van der Waals surface area contributed by atoms with Crippen LogP contribution in [0, 0.1) is 0 Å². The number of benzene rings is 6. The fraction of sp³-hybridized carbons (Fsp3) is 0.571. The minimum absolute atomic E-state index is 1.06. The Bertz CT molecular complexity index is 3440. The number of para-hydroxylation sites is 2. The molecule has 0 aliphatic rings. The number of rotatable bonds is 45. The van der Waals surface area contributed by atoms with Crippen LogP contribution in [-0.4, -0.2) is 18.3 Å². The Balaban J connectivity index is 0.980. The van der Waals surface area contributed by atoms with Crippen molar-refractivity contribution in [2.45, 2.75) is 311 Å². The normalized spacial score (nSPS) is 12.3.